The van der Waals surface area contributed by atoms with Gasteiger partial charge in [-0.25, -0.2) is 14.1 Å². The fourth-order valence-corrected chi connectivity index (χ4v) is 3.52. The van der Waals surface area contributed by atoms with Crippen LogP contribution in [-0.2, 0) is 16.2 Å². The second-order valence-corrected chi connectivity index (χ2v) is 7.70. The second-order valence-electron chi connectivity index (χ2n) is 7.29. The summed E-state index contributed by atoms with van der Waals surface area (Å²) in [5, 5.41) is 2.57. The molecule has 0 saturated carbocycles. The Morgan fingerprint density at radius 2 is 1.79 bits per heavy atom. The highest BCUT2D eigenvalue weighted by Gasteiger charge is 2.37. The monoisotopic (exact) mass is 464 g/mol. The molecule has 4 rings (SSSR count). The summed E-state index contributed by atoms with van der Waals surface area (Å²) in [6, 6.07) is 16.9. The van der Waals surface area contributed by atoms with Gasteiger partial charge in [0, 0.05) is 10.6 Å². The number of hydrogen-bond donors (Lipinski definition) is 1. The maximum atomic E-state index is 13.8. The first-order valence-corrected chi connectivity index (χ1v) is 10.4. The van der Waals surface area contributed by atoms with E-state index in [0.29, 0.717) is 27.5 Å². The minimum Gasteiger partial charge on any atom is -0.489 e. The maximum absolute atomic E-state index is 13.8. The molecule has 166 valence electrons. The summed E-state index contributed by atoms with van der Waals surface area (Å²) in [5.74, 6) is -1.53. The van der Waals surface area contributed by atoms with E-state index in [0.717, 1.165) is 4.90 Å². The highest BCUT2D eigenvalue weighted by molar-refractivity contribution is 6.39. The van der Waals surface area contributed by atoms with Crippen LogP contribution in [0.1, 0.15) is 16.7 Å². The van der Waals surface area contributed by atoms with Crippen molar-refractivity contribution in [2.75, 3.05) is 4.90 Å². The molecule has 4 amide bonds. The average molecular weight is 465 g/mol. The molecule has 3 aromatic carbocycles. The largest absolute Gasteiger partial charge is 0.489 e. The number of benzene rings is 3. The number of halogens is 2. The first-order chi connectivity index (χ1) is 15.8. The SMILES string of the molecule is Cc1c(Cl)cccc1N1C(=O)NC(=O)/C(=C/c2cccc(OCc3ccccc3F)c2)C1=O. The van der Waals surface area contributed by atoms with Gasteiger partial charge in [-0.2, -0.15) is 0 Å². The zero-order chi connectivity index (χ0) is 23.5. The van der Waals surface area contributed by atoms with Crippen LogP contribution in [0.25, 0.3) is 6.08 Å². The first-order valence-electron chi connectivity index (χ1n) is 9.98. The van der Waals surface area contributed by atoms with Crippen LogP contribution in [0.15, 0.2) is 72.3 Å². The summed E-state index contributed by atoms with van der Waals surface area (Å²) in [5.41, 5.74) is 1.48. The first kappa shape index (κ1) is 22.2. The standard InChI is InChI=1S/C25H18ClFN2O4/c1-15-20(26)9-5-11-22(15)29-24(31)19(23(30)28-25(29)32)13-16-6-4-8-18(12-16)33-14-17-7-2-3-10-21(17)27/h2-13H,14H2,1H3,(H,28,30,32)/b19-13-. The molecule has 0 atom stereocenters. The molecule has 0 radical (unpaired) electrons. The van der Waals surface area contributed by atoms with E-state index in [-0.39, 0.29) is 23.7 Å². The highest BCUT2D eigenvalue weighted by Crippen LogP contribution is 2.29. The molecule has 1 aliphatic rings. The van der Waals surface area contributed by atoms with Crippen LogP contribution in [-0.4, -0.2) is 17.8 Å². The molecular weight excluding hydrogens is 447 g/mol. The molecule has 33 heavy (non-hydrogen) atoms. The van der Waals surface area contributed by atoms with Gasteiger partial charge in [0.05, 0.1) is 5.69 Å². The predicted molar refractivity (Wildman–Crippen MR) is 122 cm³/mol. The van der Waals surface area contributed by atoms with E-state index in [1.807, 2.05) is 0 Å². The minimum absolute atomic E-state index is 0.0163. The van der Waals surface area contributed by atoms with Gasteiger partial charge < -0.3 is 4.74 Å². The number of amides is 4. The molecule has 1 fully saturated rings. The van der Waals surface area contributed by atoms with Crippen molar-refractivity contribution in [3.05, 3.63) is 99.8 Å². The van der Waals surface area contributed by atoms with Crippen LogP contribution in [0.3, 0.4) is 0 Å². The zero-order valence-electron chi connectivity index (χ0n) is 17.5. The van der Waals surface area contributed by atoms with E-state index >= 15 is 0 Å². The highest BCUT2D eigenvalue weighted by atomic mass is 35.5. The Labute approximate surface area is 194 Å². The lowest BCUT2D eigenvalue weighted by molar-refractivity contribution is -0.122. The minimum atomic E-state index is -0.852. The Hall–Kier alpha value is -3.97. The Morgan fingerprint density at radius 1 is 1.03 bits per heavy atom. The van der Waals surface area contributed by atoms with Crippen molar-refractivity contribution >= 4 is 41.2 Å². The number of anilines is 1. The summed E-state index contributed by atoms with van der Waals surface area (Å²) < 4.78 is 19.5. The van der Waals surface area contributed by atoms with Crippen molar-refractivity contribution in [3.8, 4) is 5.75 Å². The van der Waals surface area contributed by atoms with Crippen LogP contribution in [0, 0.1) is 12.7 Å². The number of barbiturate groups is 1. The van der Waals surface area contributed by atoms with Gasteiger partial charge in [-0.3, -0.25) is 14.9 Å². The lowest BCUT2D eigenvalue weighted by atomic mass is 10.1. The second kappa shape index (κ2) is 9.26. The number of carbonyl (C=O) groups excluding carboxylic acids is 3. The number of urea groups is 1. The van der Waals surface area contributed by atoms with Crippen LogP contribution < -0.4 is 15.0 Å². The molecule has 8 heteroatoms. The lowest BCUT2D eigenvalue weighted by Gasteiger charge is -2.27. The number of nitrogens with zero attached hydrogens (tertiary/aromatic N) is 1. The average Bonchev–Trinajstić information content (AvgIpc) is 2.79. The zero-order valence-corrected chi connectivity index (χ0v) is 18.2. The molecule has 0 spiro atoms. The number of rotatable bonds is 5. The van der Waals surface area contributed by atoms with Crippen molar-refractivity contribution in [3.63, 3.8) is 0 Å². The van der Waals surface area contributed by atoms with E-state index < -0.39 is 17.8 Å². The fraction of sp³-hybridized carbons (Fsp3) is 0.0800. The van der Waals surface area contributed by atoms with Gasteiger partial charge in [0.2, 0.25) is 0 Å². The number of imide groups is 2. The predicted octanol–water partition coefficient (Wildman–Crippen LogP) is 5.03. The molecule has 0 aliphatic carbocycles. The Bertz CT molecular complexity index is 1310. The van der Waals surface area contributed by atoms with Crippen LogP contribution in [0.4, 0.5) is 14.9 Å². The lowest BCUT2D eigenvalue weighted by Crippen LogP contribution is -2.54. The fourth-order valence-electron chi connectivity index (χ4n) is 3.35. The van der Waals surface area contributed by atoms with Gasteiger partial charge >= 0.3 is 6.03 Å². The van der Waals surface area contributed by atoms with E-state index in [9.17, 15) is 18.8 Å². The molecule has 0 aromatic heterocycles. The normalized spacial score (nSPS) is 15.1. The number of hydrogen-bond acceptors (Lipinski definition) is 4. The van der Waals surface area contributed by atoms with Crippen molar-refractivity contribution < 1.29 is 23.5 Å². The molecular formula is C25H18ClFN2O4. The molecule has 0 unspecified atom stereocenters. The van der Waals surface area contributed by atoms with Crippen LogP contribution >= 0.6 is 11.6 Å². The van der Waals surface area contributed by atoms with Gasteiger partial charge in [-0.1, -0.05) is 48.0 Å². The van der Waals surface area contributed by atoms with E-state index in [1.165, 1.54) is 12.1 Å². The van der Waals surface area contributed by atoms with Crippen molar-refractivity contribution in [2.24, 2.45) is 0 Å². The Morgan fingerprint density at radius 3 is 2.58 bits per heavy atom. The summed E-state index contributed by atoms with van der Waals surface area (Å²) in [4.78, 5) is 38.9. The summed E-state index contributed by atoms with van der Waals surface area (Å²) in [7, 11) is 0. The Balaban J connectivity index is 1.61. The smallest absolute Gasteiger partial charge is 0.335 e. The third kappa shape index (κ3) is 4.63. The molecule has 1 heterocycles. The molecule has 1 aliphatic heterocycles. The third-order valence-corrected chi connectivity index (χ3v) is 5.51. The van der Waals surface area contributed by atoms with Gasteiger partial charge in [0.1, 0.15) is 23.7 Å². The summed E-state index contributed by atoms with van der Waals surface area (Å²) >= 11 is 6.14. The summed E-state index contributed by atoms with van der Waals surface area (Å²) in [6.07, 6.45) is 1.37. The number of ether oxygens (including phenoxy) is 1. The molecule has 0 bridgehead atoms. The van der Waals surface area contributed by atoms with E-state index in [4.69, 9.17) is 16.3 Å². The van der Waals surface area contributed by atoms with Crippen LogP contribution in [0.2, 0.25) is 5.02 Å². The molecule has 6 nitrogen and oxygen atoms in total. The maximum Gasteiger partial charge on any atom is 0.335 e. The van der Waals surface area contributed by atoms with Crippen molar-refractivity contribution in [1.82, 2.24) is 5.32 Å². The van der Waals surface area contributed by atoms with Gasteiger partial charge in [0.15, 0.2) is 0 Å². The van der Waals surface area contributed by atoms with Gasteiger partial charge in [-0.15, -0.1) is 0 Å². The van der Waals surface area contributed by atoms with Gasteiger partial charge in [-0.05, 0) is 54.5 Å². The molecule has 1 N–H and O–H groups in total. The number of nitrogens with one attached hydrogen (secondary N) is 1. The van der Waals surface area contributed by atoms with E-state index in [1.54, 1.807) is 67.6 Å². The molecule has 3 aromatic rings. The third-order valence-electron chi connectivity index (χ3n) is 5.10. The van der Waals surface area contributed by atoms with E-state index in [2.05, 4.69) is 5.32 Å². The topological polar surface area (TPSA) is 75.7 Å². The van der Waals surface area contributed by atoms with Gasteiger partial charge in [0.25, 0.3) is 11.8 Å². The van der Waals surface area contributed by atoms with Crippen molar-refractivity contribution in [1.29, 1.82) is 0 Å². The Kier molecular flexibility index (Phi) is 6.24. The van der Waals surface area contributed by atoms with Crippen LogP contribution in [0.5, 0.6) is 5.75 Å². The quantitative estimate of drug-likeness (QED) is 0.424. The number of carbonyl (C=O) groups is 3. The summed E-state index contributed by atoms with van der Waals surface area (Å²) in [6.45, 7) is 1.69. The van der Waals surface area contributed by atoms with Crippen molar-refractivity contribution in [2.45, 2.75) is 13.5 Å². The molecule has 1 saturated heterocycles.